The van der Waals surface area contributed by atoms with E-state index in [1.165, 1.54) is 6.20 Å². The molecule has 0 radical (unpaired) electrons. The van der Waals surface area contributed by atoms with Gasteiger partial charge in [0, 0.05) is 21.1 Å². The second-order valence-electron chi connectivity index (χ2n) is 1.43. The zero-order chi connectivity index (χ0) is 6.85. The molecule has 1 aliphatic rings. The van der Waals surface area contributed by atoms with Gasteiger partial charge in [-0.15, -0.1) is 0 Å². The average Bonchev–Trinajstić information content (AvgIpc) is 2.13. The van der Waals surface area contributed by atoms with Crippen molar-refractivity contribution in [2.45, 2.75) is 6.92 Å². The van der Waals surface area contributed by atoms with Crippen LogP contribution < -0.4 is 0 Å². The molecule has 0 aromatic rings. The van der Waals surface area contributed by atoms with Crippen molar-refractivity contribution in [3.05, 3.63) is 11.6 Å². The Morgan fingerprint density at radius 2 is 2.33 bits per heavy atom. The summed E-state index contributed by atoms with van der Waals surface area (Å²) in [7, 11) is -2.75. The quantitative estimate of drug-likeness (QED) is 0.515. The van der Waals surface area contributed by atoms with Crippen molar-refractivity contribution in [1.29, 1.82) is 0 Å². The van der Waals surface area contributed by atoms with Crippen molar-refractivity contribution in [2.75, 3.05) is 0 Å². The summed E-state index contributed by atoms with van der Waals surface area (Å²) in [4.78, 5) is 3.79. The Labute approximate surface area is 56.2 Å². The molecule has 9 heavy (non-hydrogen) atoms. The zero-order valence-corrected chi connectivity index (χ0v) is 6.37. The van der Waals surface area contributed by atoms with Gasteiger partial charge in [-0.3, -0.25) is 4.99 Å². The first-order valence-electron chi connectivity index (χ1n) is 2.25. The first-order valence-corrected chi connectivity index (χ1v) is 5.13. The lowest BCUT2D eigenvalue weighted by atomic mass is 10.8. The molecule has 0 saturated heterocycles. The molecule has 0 fully saturated rings. The molecule has 50 valence electrons. The fraction of sp³-hybridized carbons (Fsp3) is 0.250. The molecule has 0 spiro atoms. The number of hydrogen-bond acceptors (Lipinski definition) is 3. The number of nitrogens with zero attached hydrogens (tertiary/aromatic N) is 1. The lowest BCUT2D eigenvalue weighted by molar-refractivity contribution is 0.628. The minimum Gasteiger partial charge on any atom is -0.253 e. The van der Waals surface area contributed by atoms with Crippen LogP contribution in [-0.4, -0.2) is 13.5 Å². The zero-order valence-electron chi connectivity index (χ0n) is 4.73. The minimum absolute atomic E-state index is 0.670. The molecule has 0 bridgehead atoms. The van der Waals surface area contributed by atoms with Crippen LogP contribution in [0.1, 0.15) is 6.92 Å². The Morgan fingerprint density at radius 3 is 2.56 bits per heavy atom. The summed E-state index contributed by atoms with van der Waals surface area (Å²) < 4.78 is 20.6. The van der Waals surface area contributed by atoms with Crippen molar-refractivity contribution < 1.29 is 8.42 Å². The highest BCUT2D eigenvalue weighted by Gasteiger charge is 2.02. The van der Waals surface area contributed by atoms with E-state index in [4.69, 9.17) is 0 Å². The molecule has 0 aliphatic carbocycles. The van der Waals surface area contributed by atoms with Crippen molar-refractivity contribution in [3.8, 4) is 0 Å². The van der Waals surface area contributed by atoms with Gasteiger partial charge in [0.25, 0.3) is 0 Å². The van der Waals surface area contributed by atoms with Gasteiger partial charge in [0.15, 0.2) is 0 Å². The normalized spacial score (nSPS) is 24.1. The largest absolute Gasteiger partial charge is 0.253 e. The van der Waals surface area contributed by atoms with Gasteiger partial charge in [-0.05, 0) is 6.92 Å². The lowest BCUT2D eigenvalue weighted by Gasteiger charge is -1.83. The third-order valence-corrected chi connectivity index (χ3v) is 4.17. The summed E-state index contributed by atoms with van der Waals surface area (Å²) in [6, 6.07) is 0. The lowest BCUT2D eigenvalue weighted by Crippen LogP contribution is -1.93. The van der Waals surface area contributed by atoms with Crippen LogP contribution in [0.4, 0.5) is 0 Å². The molecular formula is C4H5NO2S2. The molecule has 5 heteroatoms. The third kappa shape index (κ3) is 1.28. The van der Waals surface area contributed by atoms with Gasteiger partial charge < -0.3 is 0 Å². The Kier molecular flexibility index (Phi) is 1.82. The van der Waals surface area contributed by atoms with Crippen LogP contribution in [0, 0.1) is 0 Å². The molecule has 1 rings (SSSR count). The molecule has 0 saturated carbocycles. The van der Waals surface area contributed by atoms with Crippen LogP contribution >= 0.6 is 0 Å². The summed E-state index contributed by atoms with van der Waals surface area (Å²) in [5, 5.41) is 2.25. The standard InChI is InChI=1S/C4H5NO2S2/c1-4-5-2-3-8(4)9(6)7/h2-3H,1H3. The summed E-state index contributed by atoms with van der Waals surface area (Å²) in [6.45, 7) is 1.71. The molecule has 1 heterocycles. The molecule has 0 N–H and O–H groups in total. The number of hydrogen-bond donors (Lipinski definition) is 0. The molecule has 0 amide bonds. The molecule has 1 aliphatic heterocycles. The maximum absolute atomic E-state index is 10.3. The maximum Gasteiger partial charge on any atom is 0.250 e. The van der Waals surface area contributed by atoms with E-state index in [0.29, 0.717) is 5.04 Å². The van der Waals surface area contributed by atoms with Crippen molar-refractivity contribution >= 4 is 23.8 Å². The Hall–Kier alpha value is -0.420. The van der Waals surface area contributed by atoms with Crippen LogP contribution in [0.2, 0.25) is 0 Å². The minimum atomic E-state index is -2.01. The van der Waals surface area contributed by atoms with Gasteiger partial charge in [-0.2, -0.15) is 8.42 Å². The molecule has 0 aromatic carbocycles. The van der Waals surface area contributed by atoms with Crippen molar-refractivity contribution in [2.24, 2.45) is 4.99 Å². The van der Waals surface area contributed by atoms with Crippen LogP contribution in [0.3, 0.4) is 0 Å². The molecule has 3 nitrogen and oxygen atoms in total. The Morgan fingerprint density at radius 1 is 1.67 bits per heavy atom. The van der Waals surface area contributed by atoms with Gasteiger partial charge in [0.05, 0.1) is 5.04 Å². The first-order chi connectivity index (χ1) is 4.22. The van der Waals surface area contributed by atoms with E-state index in [-0.39, 0.29) is 0 Å². The predicted octanol–water partition coefficient (Wildman–Crippen LogP) is 0.302. The van der Waals surface area contributed by atoms with Crippen molar-refractivity contribution in [1.82, 2.24) is 0 Å². The predicted molar refractivity (Wildman–Crippen MR) is 38.5 cm³/mol. The smallest absolute Gasteiger partial charge is 0.250 e. The second kappa shape index (κ2) is 2.45. The van der Waals surface area contributed by atoms with Crippen LogP contribution in [0.15, 0.2) is 16.6 Å². The Bertz CT molecular complexity index is 301. The van der Waals surface area contributed by atoms with E-state index in [1.54, 1.807) is 12.3 Å². The summed E-state index contributed by atoms with van der Waals surface area (Å²) >= 11 is 0. The van der Waals surface area contributed by atoms with Gasteiger partial charge in [0.1, 0.15) is 0 Å². The third-order valence-electron chi connectivity index (χ3n) is 0.879. The number of aliphatic imine (C=N–C) groups is 1. The molecule has 1 atom stereocenters. The van der Waals surface area contributed by atoms with E-state index in [2.05, 4.69) is 4.99 Å². The van der Waals surface area contributed by atoms with Gasteiger partial charge >= 0.3 is 0 Å². The molecule has 1 unspecified atom stereocenters. The molecule has 0 aromatic heterocycles. The summed E-state index contributed by atoms with van der Waals surface area (Å²) in [5.74, 6) is 0. The van der Waals surface area contributed by atoms with Crippen molar-refractivity contribution in [3.63, 3.8) is 0 Å². The number of rotatable bonds is 0. The van der Waals surface area contributed by atoms with Crippen LogP contribution in [-0.2, 0) is 18.7 Å². The highest BCUT2D eigenvalue weighted by atomic mass is 32.9. The first kappa shape index (κ1) is 6.70. The summed E-state index contributed by atoms with van der Waals surface area (Å²) in [6.07, 6.45) is 1.52. The fourth-order valence-electron chi connectivity index (χ4n) is 0.485. The highest BCUT2D eigenvalue weighted by molar-refractivity contribution is 8.43. The topological polar surface area (TPSA) is 46.5 Å². The second-order valence-corrected chi connectivity index (χ2v) is 5.19. The van der Waals surface area contributed by atoms with E-state index >= 15 is 0 Å². The fourth-order valence-corrected chi connectivity index (χ4v) is 2.45. The SMILES string of the molecule is CC1=NC=CS1=S(=O)=O. The van der Waals surface area contributed by atoms with Crippen LogP contribution in [0.5, 0.6) is 0 Å². The van der Waals surface area contributed by atoms with E-state index < -0.39 is 18.7 Å². The summed E-state index contributed by atoms with van der Waals surface area (Å²) in [5.41, 5.74) is 0. The van der Waals surface area contributed by atoms with E-state index in [1.807, 2.05) is 0 Å². The van der Waals surface area contributed by atoms with Gasteiger partial charge in [0.2, 0.25) is 9.26 Å². The van der Waals surface area contributed by atoms with E-state index in [0.717, 1.165) is 0 Å². The van der Waals surface area contributed by atoms with Gasteiger partial charge in [-0.25, -0.2) is 0 Å². The monoisotopic (exact) mass is 163 g/mol. The van der Waals surface area contributed by atoms with E-state index in [9.17, 15) is 8.42 Å². The van der Waals surface area contributed by atoms with Gasteiger partial charge in [-0.1, -0.05) is 0 Å². The van der Waals surface area contributed by atoms with Crippen LogP contribution in [0.25, 0.3) is 0 Å². The maximum atomic E-state index is 10.3. The average molecular weight is 163 g/mol. The molecular weight excluding hydrogens is 158 g/mol. The highest BCUT2D eigenvalue weighted by Crippen LogP contribution is 2.00. The Balaban J connectivity index is 3.32.